The number of carbonyl (C=O) groups is 1. The van der Waals surface area contributed by atoms with Gasteiger partial charge in [0, 0.05) is 13.1 Å². The minimum Gasteiger partial charge on any atom is -0.481 e. The van der Waals surface area contributed by atoms with Crippen LogP contribution in [-0.4, -0.2) is 11.1 Å². The van der Waals surface area contributed by atoms with Crippen LogP contribution in [0, 0.1) is 6.92 Å². The number of nitrogens with one attached hydrogen (secondary N) is 1. The van der Waals surface area contributed by atoms with Gasteiger partial charge in [-0.25, -0.2) is 0 Å². The van der Waals surface area contributed by atoms with Crippen molar-refractivity contribution in [2.45, 2.75) is 32.9 Å². The second kappa shape index (κ2) is 7.04. The van der Waals surface area contributed by atoms with E-state index < -0.39 is 11.9 Å². The van der Waals surface area contributed by atoms with E-state index in [-0.39, 0.29) is 0 Å². The Labute approximate surface area is 125 Å². The molecule has 0 aliphatic rings. The van der Waals surface area contributed by atoms with Gasteiger partial charge >= 0.3 is 5.97 Å². The first-order valence-corrected chi connectivity index (χ1v) is 7.14. The molecule has 0 spiro atoms. The monoisotopic (exact) mass is 283 g/mol. The molecule has 3 heteroatoms. The Balaban J connectivity index is 1.86. The SMILES string of the molecule is Cc1ccc(CNCc2ccc(C(C)C(=O)O)cc2)cc1. The zero-order chi connectivity index (χ0) is 15.2. The molecule has 2 aromatic rings. The molecular formula is C18H21NO2. The van der Waals surface area contributed by atoms with Crippen molar-refractivity contribution in [1.82, 2.24) is 5.32 Å². The van der Waals surface area contributed by atoms with E-state index >= 15 is 0 Å². The number of aryl methyl sites for hydroxylation is 1. The van der Waals surface area contributed by atoms with Crippen LogP contribution < -0.4 is 5.32 Å². The molecule has 2 aromatic carbocycles. The second-order valence-corrected chi connectivity index (χ2v) is 5.39. The summed E-state index contributed by atoms with van der Waals surface area (Å²) < 4.78 is 0. The van der Waals surface area contributed by atoms with Gasteiger partial charge in [0.05, 0.1) is 5.92 Å². The highest BCUT2D eigenvalue weighted by Gasteiger charge is 2.12. The van der Waals surface area contributed by atoms with Gasteiger partial charge in [0.1, 0.15) is 0 Å². The molecule has 0 bridgehead atoms. The van der Waals surface area contributed by atoms with Crippen molar-refractivity contribution >= 4 is 5.97 Å². The summed E-state index contributed by atoms with van der Waals surface area (Å²) in [5, 5.41) is 12.4. The minimum absolute atomic E-state index is 0.459. The average Bonchev–Trinajstić information content (AvgIpc) is 2.49. The van der Waals surface area contributed by atoms with E-state index in [0.29, 0.717) is 0 Å². The standard InChI is InChI=1S/C18H21NO2/c1-13-3-5-15(6-4-13)11-19-12-16-7-9-17(10-8-16)14(2)18(20)21/h3-10,14,19H,11-12H2,1-2H3,(H,20,21). The lowest BCUT2D eigenvalue weighted by Gasteiger charge is -2.09. The molecule has 3 nitrogen and oxygen atoms in total. The maximum Gasteiger partial charge on any atom is 0.310 e. The fraction of sp³-hybridized carbons (Fsp3) is 0.278. The van der Waals surface area contributed by atoms with Crippen LogP contribution in [-0.2, 0) is 17.9 Å². The Kier molecular flexibility index (Phi) is 5.12. The summed E-state index contributed by atoms with van der Waals surface area (Å²) in [5.74, 6) is -1.25. The largest absolute Gasteiger partial charge is 0.481 e. The quantitative estimate of drug-likeness (QED) is 0.853. The summed E-state index contributed by atoms with van der Waals surface area (Å²) in [6.45, 7) is 5.38. The predicted octanol–water partition coefficient (Wildman–Crippen LogP) is 3.47. The lowest BCUT2D eigenvalue weighted by molar-refractivity contribution is -0.138. The van der Waals surface area contributed by atoms with Crippen molar-refractivity contribution in [3.8, 4) is 0 Å². The Morgan fingerprint density at radius 1 is 1.00 bits per heavy atom. The van der Waals surface area contributed by atoms with Gasteiger partial charge in [0.15, 0.2) is 0 Å². The molecule has 0 aliphatic heterocycles. The summed E-state index contributed by atoms with van der Waals surface area (Å²) >= 11 is 0. The van der Waals surface area contributed by atoms with E-state index in [2.05, 4.69) is 36.5 Å². The molecular weight excluding hydrogens is 262 g/mol. The molecule has 0 aromatic heterocycles. The highest BCUT2D eigenvalue weighted by Crippen LogP contribution is 2.16. The lowest BCUT2D eigenvalue weighted by atomic mass is 10.00. The second-order valence-electron chi connectivity index (χ2n) is 5.39. The van der Waals surface area contributed by atoms with Crippen LogP contribution >= 0.6 is 0 Å². The Hall–Kier alpha value is -2.13. The summed E-state index contributed by atoms with van der Waals surface area (Å²) in [4.78, 5) is 10.9. The first-order valence-electron chi connectivity index (χ1n) is 7.14. The zero-order valence-corrected chi connectivity index (χ0v) is 12.5. The highest BCUT2D eigenvalue weighted by atomic mass is 16.4. The maximum atomic E-state index is 10.9. The van der Waals surface area contributed by atoms with E-state index in [0.717, 1.165) is 24.2 Å². The van der Waals surface area contributed by atoms with Gasteiger partial charge in [-0.2, -0.15) is 0 Å². The smallest absolute Gasteiger partial charge is 0.310 e. The molecule has 110 valence electrons. The number of aliphatic carboxylic acids is 1. The van der Waals surface area contributed by atoms with Crippen LogP contribution in [0.5, 0.6) is 0 Å². The van der Waals surface area contributed by atoms with Gasteiger partial charge < -0.3 is 10.4 Å². The molecule has 0 radical (unpaired) electrons. The molecule has 0 saturated carbocycles. The summed E-state index contributed by atoms with van der Waals surface area (Å²) in [7, 11) is 0. The van der Waals surface area contributed by atoms with Crippen LogP contribution in [0.2, 0.25) is 0 Å². The summed E-state index contributed by atoms with van der Waals surface area (Å²) in [6.07, 6.45) is 0. The van der Waals surface area contributed by atoms with Gasteiger partial charge in [-0.15, -0.1) is 0 Å². The van der Waals surface area contributed by atoms with Crippen molar-refractivity contribution in [2.24, 2.45) is 0 Å². The van der Waals surface area contributed by atoms with Crippen molar-refractivity contribution in [3.05, 3.63) is 70.8 Å². The van der Waals surface area contributed by atoms with Gasteiger partial charge in [-0.05, 0) is 30.5 Å². The topological polar surface area (TPSA) is 49.3 Å². The van der Waals surface area contributed by atoms with E-state index in [4.69, 9.17) is 5.11 Å². The molecule has 2 rings (SSSR count). The highest BCUT2D eigenvalue weighted by molar-refractivity contribution is 5.75. The molecule has 0 fully saturated rings. The van der Waals surface area contributed by atoms with Crippen LogP contribution in [0.25, 0.3) is 0 Å². The van der Waals surface area contributed by atoms with Gasteiger partial charge in [0.25, 0.3) is 0 Å². The van der Waals surface area contributed by atoms with Crippen LogP contribution in [0.3, 0.4) is 0 Å². The first kappa shape index (κ1) is 15.3. The fourth-order valence-corrected chi connectivity index (χ4v) is 2.12. The van der Waals surface area contributed by atoms with E-state index in [9.17, 15) is 4.79 Å². The Morgan fingerprint density at radius 2 is 1.48 bits per heavy atom. The van der Waals surface area contributed by atoms with Crippen LogP contribution in [0.1, 0.15) is 35.1 Å². The van der Waals surface area contributed by atoms with E-state index in [1.165, 1.54) is 11.1 Å². The molecule has 1 unspecified atom stereocenters. The number of hydrogen-bond acceptors (Lipinski definition) is 2. The van der Waals surface area contributed by atoms with Crippen molar-refractivity contribution in [1.29, 1.82) is 0 Å². The zero-order valence-electron chi connectivity index (χ0n) is 12.5. The maximum absolute atomic E-state index is 10.9. The van der Waals surface area contributed by atoms with E-state index in [1.807, 2.05) is 24.3 Å². The predicted molar refractivity (Wildman–Crippen MR) is 84.2 cm³/mol. The molecule has 2 N–H and O–H groups in total. The van der Waals surface area contributed by atoms with Crippen LogP contribution in [0.15, 0.2) is 48.5 Å². The molecule has 0 aliphatic carbocycles. The number of benzene rings is 2. The first-order chi connectivity index (χ1) is 10.1. The third kappa shape index (κ3) is 4.43. The van der Waals surface area contributed by atoms with Crippen molar-refractivity contribution in [3.63, 3.8) is 0 Å². The lowest BCUT2D eigenvalue weighted by Crippen LogP contribution is -2.13. The summed E-state index contributed by atoms with van der Waals surface area (Å²) in [5.41, 5.74) is 4.52. The van der Waals surface area contributed by atoms with Crippen molar-refractivity contribution in [2.75, 3.05) is 0 Å². The molecule has 0 amide bonds. The Morgan fingerprint density at radius 3 is 1.95 bits per heavy atom. The van der Waals surface area contributed by atoms with Gasteiger partial charge in [0.2, 0.25) is 0 Å². The van der Waals surface area contributed by atoms with E-state index in [1.54, 1.807) is 6.92 Å². The van der Waals surface area contributed by atoms with Gasteiger partial charge in [-0.3, -0.25) is 4.79 Å². The third-order valence-electron chi connectivity index (χ3n) is 3.63. The third-order valence-corrected chi connectivity index (χ3v) is 3.63. The minimum atomic E-state index is -0.791. The molecule has 21 heavy (non-hydrogen) atoms. The number of rotatable bonds is 6. The fourth-order valence-electron chi connectivity index (χ4n) is 2.12. The number of carboxylic acid groups (broad SMARTS) is 1. The number of hydrogen-bond donors (Lipinski definition) is 2. The molecule has 0 saturated heterocycles. The normalized spacial score (nSPS) is 12.1. The molecule has 0 heterocycles. The average molecular weight is 283 g/mol. The summed E-state index contributed by atoms with van der Waals surface area (Å²) in [6, 6.07) is 16.2. The van der Waals surface area contributed by atoms with Crippen LogP contribution in [0.4, 0.5) is 0 Å². The van der Waals surface area contributed by atoms with Crippen molar-refractivity contribution < 1.29 is 9.90 Å². The van der Waals surface area contributed by atoms with Gasteiger partial charge in [-0.1, -0.05) is 54.1 Å². The molecule has 1 atom stereocenters. The number of carboxylic acids is 1. The Bertz CT molecular complexity index is 588.